The summed E-state index contributed by atoms with van der Waals surface area (Å²) in [5, 5.41) is 11.6. The Morgan fingerprint density at radius 1 is 0.594 bits per heavy atom. The Morgan fingerprint density at radius 3 is 1.89 bits per heavy atom. The third-order valence-corrected chi connectivity index (χ3v) is 11.6. The summed E-state index contributed by atoms with van der Waals surface area (Å²) in [7, 11) is 0. The van der Waals surface area contributed by atoms with Gasteiger partial charge in [-0.3, -0.25) is 9.55 Å². The first kappa shape index (κ1) is 33.2. The number of fused-ring (bicyclic) bond motifs is 1. The van der Waals surface area contributed by atoms with Gasteiger partial charge >= 0.3 is 0 Å². The maximum atomic E-state index is 11.6. The third kappa shape index (κ3) is 8.65. The Balaban J connectivity index is 0.00000729. The van der Waals surface area contributed by atoms with Crippen LogP contribution < -0.4 is 0 Å². The topological polar surface area (TPSA) is 50.9 Å². The van der Waals surface area contributed by atoms with Gasteiger partial charge in [-0.15, -0.1) is 29.3 Å². The summed E-state index contributed by atoms with van der Waals surface area (Å²) in [6.07, 6.45) is 1.65. The minimum atomic E-state index is -3.38. The second kappa shape index (κ2) is 17.7. The fourth-order valence-electron chi connectivity index (χ4n) is 8.25. The number of aromatic hydroxyl groups is 1. The van der Waals surface area contributed by atoms with Gasteiger partial charge in [0.15, 0.2) is 0 Å². The van der Waals surface area contributed by atoms with Crippen LogP contribution in [0.25, 0.3) is 83.9 Å². The van der Waals surface area contributed by atoms with Gasteiger partial charge in [0.1, 0.15) is 11.6 Å². The van der Waals surface area contributed by atoms with E-state index in [2.05, 4.69) is 79.9 Å². The van der Waals surface area contributed by atoms with Crippen LogP contribution in [0.3, 0.4) is 0 Å². The summed E-state index contributed by atoms with van der Waals surface area (Å²) in [5.74, 6) is -0.403. The fourth-order valence-corrected chi connectivity index (χ4v) is 8.25. The molecular formula is C59H54N3OPt-. The van der Waals surface area contributed by atoms with Gasteiger partial charge in [0.2, 0.25) is 0 Å². The van der Waals surface area contributed by atoms with Crippen molar-refractivity contribution in [3.05, 3.63) is 193 Å². The Kier molecular flexibility index (Phi) is 9.16. The molecule has 1 N–H and O–H groups in total. The molecule has 0 radical (unpaired) electrons. The molecule has 0 aliphatic heterocycles. The van der Waals surface area contributed by atoms with Crippen molar-refractivity contribution in [2.45, 2.75) is 71.9 Å². The van der Waals surface area contributed by atoms with E-state index in [1.54, 1.807) is 36.5 Å². The molecule has 0 fully saturated rings. The van der Waals surface area contributed by atoms with Crippen molar-refractivity contribution < 1.29 is 39.9 Å². The van der Waals surface area contributed by atoms with Crippen LogP contribution in [0.4, 0.5) is 0 Å². The van der Waals surface area contributed by atoms with Gasteiger partial charge in [0, 0.05) is 52.2 Å². The summed E-state index contributed by atoms with van der Waals surface area (Å²) < 4.78 is 85.3. The van der Waals surface area contributed by atoms with E-state index in [1.165, 1.54) is 12.1 Å². The largest absolute Gasteiger partial charge is 0.507 e. The molecule has 0 aliphatic rings. The molecule has 0 atom stereocenters. The average molecular weight is 1030 g/mol. The van der Waals surface area contributed by atoms with E-state index in [1.807, 2.05) is 86.6 Å². The van der Waals surface area contributed by atoms with Crippen molar-refractivity contribution in [3.63, 3.8) is 0 Å². The Bertz CT molecular complexity index is 3460. The molecule has 0 unspecified atom stereocenters. The van der Waals surface area contributed by atoms with E-state index in [9.17, 15) is 6.48 Å². The van der Waals surface area contributed by atoms with Gasteiger partial charge in [-0.1, -0.05) is 182 Å². The van der Waals surface area contributed by atoms with E-state index in [4.69, 9.17) is 22.3 Å². The molecule has 7 aromatic carbocycles. The van der Waals surface area contributed by atoms with Crippen LogP contribution in [0.5, 0.6) is 5.75 Å². The summed E-state index contributed by atoms with van der Waals surface area (Å²) in [4.78, 5) is 10.2. The summed E-state index contributed by atoms with van der Waals surface area (Å²) in [5.41, 5.74) is 8.53. The molecule has 64 heavy (non-hydrogen) atoms. The van der Waals surface area contributed by atoms with Crippen molar-refractivity contribution in [2.24, 2.45) is 0 Å². The first-order valence-corrected chi connectivity index (χ1v) is 21.0. The van der Waals surface area contributed by atoms with Crippen LogP contribution >= 0.6 is 0 Å². The fraction of sp³-hybridized carbons (Fsp3) is 0.186. The number of hydrogen-bond donors (Lipinski definition) is 1. The maximum Gasteiger partial charge on any atom is 0.148 e. The van der Waals surface area contributed by atoms with Gasteiger partial charge in [0.25, 0.3) is 0 Å². The zero-order valence-electron chi connectivity index (χ0n) is 46.3. The molecule has 0 saturated carbocycles. The quantitative estimate of drug-likeness (QED) is 0.154. The maximum absolute atomic E-state index is 11.6. The standard InChI is InChI=1S/C59H54N3O.Pt/c1-38(2)49-36-51(41-20-13-10-14-21-41)54(37-50(49)40-18-11-9-12-19-40)62-53-24-17-23-47(56(53)61-57(62)48-22-15-16-25-55(48)63)43-32-44(34-46(33-43)59(6,7)8)52-35-42(30-31-60-52)39-26-28-45(29-27-39)58(3,4)5;/h9-31,33-38,63H,1-8H3;/q-1;/i3D3,4D3,5D3,38D;. The Labute approximate surface area is 407 Å². The minimum Gasteiger partial charge on any atom is -0.507 e. The first-order valence-electron chi connectivity index (χ1n) is 26.0. The van der Waals surface area contributed by atoms with Crippen molar-refractivity contribution in [3.8, 4) is 78.6 Å². The molecule has 9 aromatic rings. The molecule has 5 heteroatoms. The molecule has 2 aromatic heterocycles. The molecule has 0 saturated heterocycles. The summed E-state index contributed by atoms with van der Waals surface area (Å²) >= 11 is 0. The van der Waals surface area contributed by atoms with Crippen molar-refractivity contribution in [2.75, 3.05) is 0 Å². The molecule has 9 rings (SSSR count). The molecule has 0 bridgehead atoms. The Morgan fingerprint density at radius 2 is 1.23 bits per heavy atom. The van der Waals surface area contributed by atoms with Crippen molar-refractivity contribution >= 4 is 11.0 Å². The number of aromatic nitrogens is 3. The van der Waals surface area contributed by atoms with Gasteiger partial charge in [0.05, 0.1) is 22.3 Å². The molecule has 4 nitrogen and oxygen atoms in total. The summed E-state index contributed by atoms with van der Waals surface area (Å²) in [6.45, 7) is 0.0449. The predicted molar refractivity (Wildman–Crippen MR) is 263 cm³/mol. The van der Waals surface area contributed by atoms with E-state index >= 15 is 0 Å². The molecule has 0 amide bonds. The normalized spacial score (nSPS) is 14.9. The van der Waals surface area contributed by atoms with Crippen LogP contribution in [0.2, 0.25) is 0 Å². The zero-order chi connectivity index (χ0) is 52.5. The van der Waals surface area contributed by atoms with Gasteiger partial charge in [-0.05, 0) is 92.1 Å². The number of hydrogen-bond acceptors (Lipinski definition) is 3. The van der Waals surface area contributed by atoms with Crippen LogP contribution in [0.1, 0.15) is 91.5 Å². The van der Waals surface area contributed by atoms with Crippen LogP contribution in [-0.4, -0.2) is 19.6 Å². The van der Waals surface area contributed by atoms with E-state index in [0.717, 1.165) is 55.7 Å². The van der Waals surface area contributed by atoms with E-state index < -0.39 is 31.9 Å². The third-order valence-electron chi connectivity index (χ3n) is 11.6. The number of para-hydroxylation sites is 2. The van der Waals surface area contributed by atoms with Gasteiger partial charge in [-0.25, -0.2) is 4.98 Å². The number of nitrogens with zero attached hydrogens (tertiary/aromatic N) is 3. The number of benzene rings is 7. The number of phenolic OH excluding ortho intramolecular Hbond substituents is 1. The minimum absolute atomic E-state index is 0. The monoisotopic (exact) mass is 1030 g/mol. The number of rotatable bonds is 8. The molecule has 322 valence electrons. The van der Waals surface area contributed by atoms with Crippen molar-refractivity contribution in [1.82, 2.24) is 14.5 Å². The number of pyridine rings is 1. The number of imidazole rings is 1. The van der Waals surface area contributed by atoms with E-state index in [0.29, 0.717) is 39.3 Å². The second-order valence-corrected chi connectivity index (χ2v) is 17.3. The average Bonchev–Trinajstić information content (AvgIpc) is 3.72. The van der Waals surface area contributed by atoms with Crippen LogP contribution in [-0.2, 0) is 31.9 Å². The predicted octanol–water partition coefficient (Wildman–Crippen LogP) is 15.6. The van der Waals surface area contributed by atoms with Gasteiger partial charge in [-0.2, -0.15) is 0 Å². The Hall–Kier alpha value is -6.35. The summed E-state index contributed by atoms with van der Waals surface area (Å²) in [6, 6.07) is 54.7. The van der Waals surface area contributed by atoms with E-state index in [-0.39, 0.29) is 37.8 Å². The van der Waals surface area contributed by atoms with Crippen LogP contribution in [0, 0.1) is 6.07 Å². The SMILES string of the molecule is [2H]C(C)(C)c1cc(-c2ccccc2)c(-n2c(-c3ccccc3O)nc3c(-c4[c-]c(-c5cc(-c6ccc(C(C([2H])([2H])[2H])(C([2H])([2H])[2H])C([2H])([2H])[2H])cc6)ccn5)cc(C(C)(C)C)c4)cccc32)cc1-c1ccccc1.[Pt]. The molecule has 2 heterocycles. The first-order chi connectivity index (χ1) is 34.3. The zero-order valence-corrected chi connectivity index (χ0v) is 38.5. The number of phenols is 1. The molecular weight excluding hydrogens is 962 g/mol. The molecule has 0 aliphatic carbocycles. The van der Waals surface area contributed by atoms with Crippen LogP contribution in [0.15, 0.2) is 170 Å². The second-order valence-electron chi connectivity index (χ2n) is 17.3. The van der Waals surface area contributed by atoms with Crippen molar-refractivity contribution in [1.29, 1.82) is 0 Å². The van der Waals surface area contributed by atoms with Gasteiger partial charge < -0.3 is 5.11 Å². The smallest absolute Gasteiger partial charge is 0.148 e. The molecule has 0 spiro atoms.